The lowest BCUT2D eigenvalue weighted by atomic mass is 9.90. The number of rotatable bonds is 4. The van der Waals surface area contributed by atoms with E-state index in [1.54, 1.807) is 38.1 Å². The Morgan fingerprint density at radius 3 is 2.12 bits per heavy atom. The molecule has 0 atom stereocenters. The molecule has 16 heavy (non-hydrogen) atoms. The van der Waals surface area contributed by atoms with E-state index in [2.05, 4.69) is 0 Å². The lowest BCUT2D eigenvalue weighted by Crippen LogP contribution is -2.50. The number of benzene rings is 1. The van der Waals surface area contributed by atoms with Crippen LogP contribution in [0.5, 0.6) is 0 Å². The van der Waals surface area contributed by atoms with Gasteiger partial charge in [0.15, 0.2) is 0 Å². The number of aliphatic hydroxyl groups is 1. The highest BCUT2D eigenvalue weighted by molar-refractivity contribution is 6.30. The first-order chi connectivity index (χ1) is 7.37. The van der Waals surface area contributed by atoms with Crippen LogP contribution in [0.3, 0.4) is 0 Å². The zero-order valence-electron chi connectivity index (χ0n) is 9.95. The van der Waals surface area contributed by atoms with Gasteiger partial charge in [-0.05, 0) is 26.0 Å². The van der Waals surface area contributed by atoms with E-state index < -0.39 is 11.4 Å². The molecule has 0 fully saturated rings. The highest BCUT2D eigenvalue weighted by Crippen LogP contribution is 2.37. The van der Waals surface area contributed by atoms with Gasteiger partial charge >= 0.3 is 0 Å². The summed E-state index contributed by atoms with van der Waals surface area (Å²) in [5.74, 6) is -1.22. The average molecular weight is 245 g/mol. The van der Waals surface area contributed by atoms with Crippen molar-refractivity contribution in [2.75, 3.05) is 14.2 Å². The minimum Gasteiger partial charge on any atom is -0.384 e. The fourth-order valence-corrected chi connectivity index (χ4v) is 2.06. The third-order valence-electron chi connectivity index (χ3n) is 2.59. The molecule has 3 nitrogen and oxygen atoms in total. The molecule has 0 spiro atoms. The summed E-state index contributed by atoms with van der Waals surface area (Å²) in [5.41, 5.74) is -0.515. The number of halogens is 1. The maximum Gasteiger partial charge on any atom is 0.223 e. The second kappa shape index (κ2) is 4.72. The van der Waals surface area contributed by atoms with Gasteiger partial charge in [0.2, 0.25) is 5.79 Å². The molecule has 1 aromatic carbocycles. The Morgan fingerprint density at radius 1 is 1.19 bits per heavy atom. The van der Waals surface area contributed by atoms with Gasteiger partial charge in [0.25, 0.3) is 0 Å². The van der Waals surface area contributed by atoms with Crippen molar-refractivity contribution in [2.24, 2.45) is 0 Å². The second-order valence-electron chi connectivity index (χ2n) is 4.09. The summed E-state index contributed by atoms with van der Waals surface area (Å²) in [5, 5.41) is 10.7. The Labute approximate surface area is 101 Å². The first-order valence-electron chi connectivity index (χ1n) is 4.96. The molecule has 0 aliphatic carbocycles. The Morgan fingerprint density at radius 2 is 1.75 bits per heavy atom. The van der Waals surface area contributed by atoms with Crippen molar-refractivity contribution in [2.45, 2.75) is 25.2 Å². The molecule has 0 saturated heterocycles. The predicted octanol–water partition coefficient (Wildman–Crippen LogP) is 2.56. The van der Waals surface area contributed by atoms with Gasteiger partial charge in [-0.1, -0.05) is 23.7 Å². The van der Waals surface area contributed by atoms with Crippen LogP contribution in [-0.2, 0) is 15.3 Å². The molecule has 0 heterocycles. The van der Waals surface area contributed by atoms with Gasteiger partial charge in [-0.25, -0.2) is 0 Å². The van der Waals surface area contributed by atoms with Crippen molar-refractivity contribution in [3.63, 3.8) is 0 Å². The molecule has 4 heteroatoms. The standard InChI is InChI=1S/C12H17ClO3/c1-11(2,14)12(15-3,16-4)9-6-5-7-10(13)8-9/h5-8,14H,1-4H3. The van der Waals surface area contributed by atoms with E-state index in [4.69, 9.17) is 21.1 Å². The van der Waals surface area contributed by atoms with Gasteiger partial charge in [-0.15, -0.1) is 0 Å². The molecule has 0 unspecified atom stereocenters. The van der Waals surface area contributed by atoms with Crippen LogP contribution < -0.4 is 0 Å². The number of hydrogen-bond donors (Lipinski definition) is 1. The third kappa shape index (κ3) is 2.23. The van der Waals surface area contributed by atoms with Crippen molar-refractivity contribution >= 4 is 11.6 Å². The van der Waals surface area contributed by atoms with Gasteiger partial charge in [-0.2, -0.15) is 0 Å². The van der Waals surface area contributed by atoms with Crippen molar-refractivity contribution in [3.05, 3.63) is 34.9 Å². The molecule has 0 aliphatic heterocycles. The maximum atomic E-state index is 10.2. The summed E-state index contributed by atoms with van der Waals surface area (Å²) in [6, 6.07) is 7.06. The van der Waals surface area contributed by atoms with Crippen molar-refractivity contribution < 1.29 is 14.6 Å². The minimum atomic E-state index is -1.22. The zero-order chi connectivity index (χ0) is 12.4. The lowest BCUT2D eigenvalue weighted by molar-refractivity contribution is -0.301. The van der Waals surface area contributed by atoms with Gasteiger partial charge in [0, 0.05) is 24.8 Å². The molecule has 0 saturated carbocycles. The molecule has 1 rings (SSSR count). The van der Waals surface area contributed by atoms with Crippen LogP contribution in [0.2, 0.25) is 5.02 Å². The normalized spacial score (nSPS) is 12.9. The van der Waals surface area contributed by atoms with E-state index in [0.29, 0.717) is 10.6 Å². The molecular formula is C12H17ClO3. The molecule has 0 amide bonds. The first-order valence-corrected chi connectivity index (χ1v) is 5.34. The Bertz CT molecular complexity index is 354. The summed E-state index contributed by atoms with van der Waals surface area (Å²) in [4.78, 5) is 0. The molecule has 1 aromatic rings. The average Bonchev–Trinajstić information content (AvgIpc) is 2.18. The summed E-state index contributed by atoms with van der Waals surface area (Å²) in [6.07, 6.45) is 0. The van der Waals surface area contributed by atoms with E-state index in [0.717, 1.165) is 0 Å². The van der Waals surface area contributed by atoms with E-state index in [-0.39, 0.29) is 0 Å². The Balaban J connectivity index is 3.32. The molecule has 0 bridgehead atoms. The van der Waals surface area contributed by atoms with Crippen LogP contribution >= 0.6 is 11.6 Å². The fraction of sp³-hybridized carbons (Fsp3) is 0.500. The third-order valence-corrected chi connectivity index (χ3v) is 2.82. The predicted molar refractivity (Wildman–Crippen MR) is 63.4 cm³/mol. The number of methoxy groups -OCH3 is 2. The molecule has 0 radical (unpaired) electrons. The van der Waals surface area contributed by atoms with Crippen LogP contribution in [0.15, 0.2) is 24.3 Å². The van der Waals surface area contributed by atoms with Crippen molar-refractivity contribution in [1.29, 1.82) is 0 Å². The molecule has 90 valence electrons. The highest BCUT2D eigenvalue weighted by atomic mass is 35.5. The van der Waals surface area contributed by atoms with E-state index in [9.17, 15) is 5.11 Å². The Kier molecular flexibility index (Phi) is 3.97. The fourth-order valence-electron chi connectivity index (χ4n) is 1.86. The summed E-state index contributed by atoms with van der Waals surface area (Å²) < 4.78 is 10.7. The van der Waals surface area contributed by atoms with Crippen LogP contribution in [0.25, 0.3) is 0 Å². The highest BCUT2D eigenvalue weighted by Gasteiger charge is 2.46. The molecule has 0 aliphatic rings. The smallest absolute Gasteiger partial charge is 0.223 e. The van der Waals surface area contributed by atoms with Crippen LogP contribution in [0, 0.1) is 0 Å². The molecule has 1 N–H and O–H groups in total. The van der Waals surface area contributed by atoms with E-state index in [1.165, 1.54) is 14.2 Å². The monoisotopic (exact) mass is 244 g/mol. The van der Waals surface area contributed by atoms with Crippen LogP contribution in [0.4, 0.5) is 0 Å². The summed E-state index contributed by atoms with van der Waals surface area (Å²) >= 11 is 5.92. The van der Waals surface area contributed by atoms with Crippen LogP contribution in [-0.4, -0.2) is 24.9 Å². The van der Waals surface area contributed by atoms with E-state index >= 15 is 0 Å². The molecule has 0 aromatic heterocycles. The number of hydrogen-bond acceptors (Lipinski definition) is 3. The SMILES string of the molecule is COC(OC)(c1cccc(Cl)c1)C(C)(C)O. The van der Waals surface area contributed by atoms with Gasteiger partial charge < -0.3 is 14.6 Å². The second-order valence-corrected chi connectivity index (χ2v) is 4.53. The summed E-state index contributed by atoms with van der Waals surface area (Å²) in [6.45, 7) is 3.25. The molecular weight excluding hydrogens is 228 g/mol. The first kappa shape index (κ1) is 13.5. The van der Waals surface area contributed by atoms with Crippen molar-refractivity contribution in [3.8, 4) is 0 Å². The zero-order valence-corrected chi connectivity index (χ0v) is 10.7. The minimum absolute atomic E-state index is 0.570. The van der Waals surface area contributed by atoms with Gasteiger partial charge in [0.05, 0.1) is 0 Å². The van der Waals surface area contributed by atoms with E-state index in [1.807, 2.05) is 0 Å². The number of ether oxygens (including phenoxy) is 2. The van der Waals surface area contributed by atoms with Gasteiger partial charge in [-0.3, -0.25) is 0 Å². The Hall–Kier alpha value is -0.610. The maximum absolute atomic E-state index is 10.2. The quantitative estimate of drug-likeness (QED) is 0.828. The van der Waals surface area contributed by atoms with Crippen LogP contribution in [0.1, 0.15) is 19.4 Å². The van der Waals surface area contributed by atoms with Crippen molar-refractivity contribution in [1.82, 2.24) is 0 Å². The largest absolute Gasteiger partial charge is 0.384 e. The van der Waals surface area contributed by atoms with Gasteiger partial charge in [0.1, 0.15) is 5.60 Å². The topological polar surface area (TPSA) is 38.7 Å². The lowest BCUT2D eigenvalue weighted by Gasteiger charge is -2.40. The summed E-state index contributed by atoms with van der Waals surface area (Å²) in [7, 11) is 2.98.